The van der Waals surface area contributed by atoms with Crippen LogP contribution in [0, 0.1) is 13.8 Å². The number of nitrogens with two attached hydrogens (primary N) is 1. The number of primary amides is 1. The highest BCUT2D eigenvalue weighted by Crippen LogP contribution is 2.24. The number of carbonyl (C=O) groups excluding carboxylic acids is 2. The minimum Gasteiger partial charge on any atom is -0.437 e. The van der Waals surface area contributed by atoms with Crippen molar-refractivity contribution in [1.82, 2.24) is 10.3 Å². The summed E-state index contributed by atoms with van der Waals surface area (Å²) in [5.41, 5.74) is 5.62. The lowest BCUT2D eigenvalue weighted by Gasteiger charge is -2.06. The van der Waals surface area contributed by atoms with Crippen LogP contribution in [-0.2, 0) is 4.79 Å². The van der Waals surface area contributed by atoms with E-state index in [2.05, 4.69) is 4.98 Å². The van der Waals surface area contributed by atoms with Gasteiger partial charge in [0.1, 0.15) is 5.76 Å². The molecule has 0 radical (unpaired) electrons. The number of carbonyl (C=O) groups is 2. The van der Waals surface area contributed by atoms with Crippen molar-refractivity contribution in [2.24, 2.45) is 5.73 Å². The summed E-state index contributed by atoms with van der Waals surface area (Å²) in [4.78, 5) is 25.9. The highest BCUT2D eigenvalue weighted by Gasteiger charge is 2.18. The number of nitrogens with zero attached hydrogens (tertiary/aromatic N) is 1. The first-order chi connectivity index (χ1) is 7.40. The fraction of sp³-hybridized carbons (Fsp3) is 0.444. The Bertz CT molecular complexity index is 397. The third-order valence-electron chi connectivity index (χ3n) is 1.90. The van der Waals surface area contributed by atoms with Crippen LogP contribution < -0.4 is 11.1 Å². The maximum Gasteiger partial charge on any atom is 0.318 e. The van der Waals surface area contributed by atoms with E-state index in [1.54, 1.807) is 13.8 Å². The Hall–Kier alpha value is -1.50. The van der Waals surface area contributed by atoms with Gasteiger partial charge in [-0.05, 0) is 20.8 Å². The van der Waals surface area contributed by atoms with Crippen molar-refractivity contribution in [2.45, 2.75) is 31.2 Å². The summed E-state index contributed by atoms with van der Waals surface area (Å²) in [7, 11) is 0. The van der Waals surface area contributed by atoms with Gasteiger partial charge < -0.3 is 10.2 Å². The summed E-state index contributed by atoms with van der Waals surface area (Å²) in [6, 6.07) is -0.864. The average Bonchev–Trinajstić information content (AvgIpc) is 2.44. The molecule has 3 N–H and O–H groups in total. The fourth-order valence-electron chi connectivity index (χ4n) is 0.922. The number of oxazole rings is 1. The molecule has 1 aromatic heterocycles. The predicted octanol–water partition coefficient (Wildman–Crippen LogP) is 0.967. The molecule has 88 valence electrons. The van der Waals surface area contributed by atoms with E-state index in [1.165, 1.54) is 0 Å². The highest BCUT2D eigenvalue weighted by molar-refractivity contribution is 8.00. The molecule has 1 aromatic rings. The molecule has 7 heteroatoms. The van der Waals surface area contributed by atoms with Gasteiger partial charge in [-0.1, -0.05) is 11.8 Å². The Morgan fingerprint density at radius 3 is 2.56 bits per heavy atom. The maximum atomic E-state index is 11.3. The number of imide groups is 1. The third-order valence-corrected chi connectivity index (χ3v) is 2.85. The number of thioether (sulfide) groups is 1. The minimum absolute atomic E-state index is 0.405. The monoisotopic (exact) mass is 243 g/mol. The lowest BCUT2D eigenvalue weighted by Crippen LogP contribution is -2.39. The molecule has 16 heavy (non-hydrogen) atoms. The standard InChI is InChI=1S/C9H13N3O3S/c1-4-5(2)15-9(11-4)16-6(3)7(13)12-8(10)14/h6H,1-3H3,(H3,10,12,13,14). The lowest BCUT2D eigenvalue weighted by atomic mass is 10.4. The molecule has 0 aliphatic carbocycles. The second-order valence-electron chi connectivity index (χ2n) is 3.23. The summed E-state index contributed by atoms with van der Waals surface area (Å²) >= 11 is 1.13. The van der Waals surface area contributed by atoms with E-state index in [0.717, 1.165) is 17.5 Å². The molecule has 0 spiro atoms. The van der Waals surface area contributed by atoms with Crippen LogP contribution in [0.5, 0.6) is 0 Å². The Balaban J connectivity index is 2.60. The number of nitrogens with one attached hydrogen (secondary N) is 1. The van der Waals surface area contributed by atoms with E-state index in [9.17, 15) is 9.59 Å². The van der Waals surface area contributed by atoms with E-state index >= 15 is 0 Å². The largest absolute Gasteiger partial charge is 0.437 e. The van der Waals surface area contributed by atoms with Crippen LogP contribution in [0.2, 0.25) is 0 Å². The van der Waals surface area contributed by atoms with E-state index in [-0.39, 0.29) is 0 Å². The van der Waals surface area contributed by atoms with Crippen LogP contribution in [0.1, 0.15) is 18.4 Å². The third kappa shape index (κ3) is 3.27. The summed E-state index contributed by atoms with van der Waals surface area (Å²) < 4.78 is 5.30. The Kier molecular flexibility index (Phi) is 3.94. The van der Waals surface area contributed by atoms with Gasteiger partial charge in [0.15, 0.2) is 0 Å². The number of aryl methyl sites for hydroxylation is 2. The van der Waals surface area contributed by atoms with Crippen molar-refractivity contribution in [3.63, 3.8) is 0 Å². The van der Waals surface area contributed by atoms with Gasteiger partial charge in [-0.2, -0.15) is 0 Å². The molecular weight excluding hydrogens is 230 g/mol. The molecule has 0 aliphatic heterocycles. The number of amides is 3. The summed E-state index contributed by atoms with van der Waals surface area (Å²) in [6.45, 7) is 5.25. The molecular formula is C9H13N3O3S. The first kappa shape index (κ1) is 12.6. The minimum atomic E-state index is -0.864. The van der Waals surface area contributed by atoms with Crippen LogP contribution in [0.4, 0.5) is 4.79 Å². The van der Waals surface area contributed by atoms with Crippen LogP contribution in [0.15, 0.2) is 9.64 Å². The van der Waals surface area contributed by atoms with Crippen molar-refractivity contribution in [3.05, 3.63) is 11.5 Å². The van der Waals surface area contributed by atoms with Gasteiger partial charge in [-0.15, -0.1) is 0 Å². The lowest BCUT2D eigenvalue weighted by molar-refractivity contribution is -0.119. The maximum absolute atomic E-state index is 11.3. The molecule has 6 nitrogen and oxygen atoms in total. The van der Waals surface area contributed by atoms with Crippen LogP contribution in [0.3, 0.4) is 0 Å². The topological polar surface area (TPSA) is 98.2 Å². The predicted molar refractivity (Wildman–Crippen MR) is 59.0 cm³/mol. The van der Waals surface area contributed by atoms with Crippen molar-refractivity contribution < 1.29 is 14.0 Å². The molecule has 3 amide bonds. The molecule has 0 saturated heterocycles. The summed E-state index contributed by atoms with van der Waals surface area (Å²) in [5, 5.41) is 1.90. The van der Waals surface area contributed by atoms with Crippen LogP contribution in [0.25, 0.3) is 0 Å². The van der Waals surface area contributed by atoms with Gasteiger partial charge in [-0.3, -0.25) is 10.1 Å². The van der Waals surface area contributed by atoms with Gasteiger partial charge in [0.2, 0.25) is 5.91 Å². The zero-order chi connectivity index (χ0) is 12.3. The van der Waals surface area contributed by atoms with Gasteiger partial charge in [-0.25, -0.2) is 9.78 Å². The molecule has 1 rings (SSSR count). The summed E-state index contributed by atoms with van der Waals surface area (Å²) in [6.07, 6.45) is 0. The molecule has 0 saturated carbocycles. The van der Waals surface area contributed by atoms with Crippen molar-refractivity contribution in [3.8, 4) is 0 Å². The number of aromatic nitrogens is 1. The van der Waals surface area contributed by atoms with E-state index < -0.39 is 17.2 Å². The number of rotatable bonds is 3. The van der Waals surface area contributed by atoms with Crippen LogP contribution in [-0.4, -0.2) is 22.2 Å². The number of hydrogen-bond acceptors (Lipinski definition) is 5. The number of hydrogen-bond donors (Lipinski definition) is 2. The highest BCUT2D eigenvalue weighted by atomic mass is 32.2. The molecule has 1 unspecified atom stereocenters. The summed E-state index contributed by atoms with van der Waals surface area (Å²) in [5.74, 6) is 0.246. The van der Waals surface area contributed by atoms with E-state index in [1.807, 2.05) is 12.2 Å². The SMILES string of the molecule is Cc1nc(SC(C)C(=O)NC(N)=O)oc1C. The van der Waals surface area contributed by atoms with Gasteiger partial charge >= 0.3 is 6.03 Å². The molecule has 0 aliphatic rings. The first-order valence-corrected chi connectivity index (χ1v) is 5.49. The zero-order valence-corrected chi connectivity index (χ0v) is 10.1. The average molecular weight is 243 g/mol. The Morgan fingerprint density at radius 1 is 1.50 bits per heavy atom. The van der Waals surface area contributed by atoms with Gasteiger partial charge in [0, 0.05) is 0 Å². The van der Waals surface area contributed by atoms with E-state index in [4.69, 9.17) is 10.2 Å². The van der Waals surface area contributed by atoms with E-state index in [0.29, 0.717) is 11.0 Å². The Labute approximate surface area is 97.0 Å². The molecule has 0 aromatic carbocycles. The van der Waals surface area contributed by atoms with Crippen molar-refractivity contribution in [1.29, 1.82) is 0 Å². The van der Waals surface area contributed by atoms with Gasteiger partial charge in [0.05, 0.1) is 10.9 Å². The molecule has 0 fully saturated rings. The van der Waals surface area contributed by atoms with Crippen molar-refractivity contribution in [2.75, 3.05) is 0 Å². The molecule has 0 bridgehead atoms. The number of urea groups is 1. The second kappa shape index (κ2) is 5.02. The second-order valence-corrected chi connectivity index (χ2v) is 4.53. The fourth-order valence-corrected chi connectivity index (χ4v) is 1.75. The zero-order valence-electron chi connectivity index (χ0n) is 9.23. The van der Waals surface area contributed by atoms with Crippen LogP contribution >= 0.6 is 11.8 Å². The smallest absolute Gasteiger partial charge is 0.318 e. The molecule has 1 atom stereocenters. The Morgan fingerprint density at radius 2 is 2.12 bits per heavy atom. The van der Waals surface area contributed by atoms with Crippen molar-refractivity contribution >= 4 is 23.7 Å². The quantitative estimate of drug-likeness (QED) is 0.771. The molecule has 1 heterocycles. The first-order valence-electron chi connectivity index (χ1n) is 4.61. The normalized spacial score (nSPS) is 12.2. The van der Waals surface area contributed by atoms with Gasteiger partial charge in [0.25, 0.3) is 5.22 Å².